The van der Waals surface area contributed by atoms with E-state index in [4.69, 9.17) is 0 Å². The fourth-order valence-corrected chi connectivity index (χ4v) is 1.06. The maximum absolute atomic E-state index is 3.01. The Morgan fingerprint density at radius 3 is 1.43 bits per heavy atom. The minimum absolute atomic E-state index is 0. The van der Waals surface area contributed by atoms with Gasteiger partial charge in [-0.3, -0.25) is 14.3 Å². The van der Waals surface area contributed by atoms with Crippen LogP contribution in [0, 0.1) is 63.9 Å². The molecule has 1 radical (unpaired) electrons. The molecule has 0 saturated carbocycles. The Hall–Kier alpha value is 0.771. The molecular weight excluding hydrogens is 394 g/mol. The number of allylic oxidation sites excluding steroid dienone is 4. The quantitative estimate of drug-likeness (QED) is 0.297. The Labute approximate surface area is 183 Å². The molecule has 1 heterocycles. The minimum Gasteiger partial charge on any atom is -0.358 e. The molecule has 1 aromatic heterocycles. The van der Waals surface area contributed by atoms with Crippen LogP contribution in [0.4, 0.5) is 0 Å². The van der Waals surface area contributed by atoms with Gasteiger partial charge in [0.1, 0.15) is 0 Å². The molecule has 0 amide bonds. The van der Waals surface area contributed by atoms with Crippen molar-refractivity contribution in [3.63, 3.8) is 0 Å². The third-order valence-electron chi connectivity index (χ3n) is 1.03. The van der Waals surface area contributed by atoms with Crippen molar-refractivity contribution in [1.29, 1.82) is 0 Å². The molecule has 0 aromatic carbocycles. The van der Waals surface area contributed by atoms with E-state index in [0.717, 1.165) is 24.1 Å². The summed E-state index contributed by atoms with van der Waals surface area (Å²) in [7, 11) is 1.57. The summed E-state index contributed by atoms with van der Waals surface area (Å²) in [6.45, 7) is 4.42. The van der Waals surface area contributed by atoms with Crippen LogP contribution in [0.15, 0.2) is 36.2 Å². The van der Waals surface area contributed by atoms with E-state index in [1.807, 2.05) is 24.3 Å². The summed E-state index contributed by atoms with van der Waals surface area (Å²) in [5.41, 5.74) is 0. The first-order valence-corrected chi connectivity index (χ1v) is 7.75. The molecule has 1 aliphatic carbocycles. The molecule has 0 aliphatic heterocycles. The van der Waals surface area contributed by atoms with Crippen molar-refractivity contribution in [1.82, 2.24) is 0 Å². The van der Waals surface area contributed by atoms with E-state index in [9.17, 15) is 0 Å². The molecule has 1 atom stereocenters. The second-order valence-corrected chi connectivity index (χ2v) is 4.46. The van der Waals surface area contributed by atoms with Gasteiger partial charge in [-0.15, -0.1) is 31.2 Å². The van der Waals surface area contributed by atoms with Crippen LogP contribution < -0.4 is 0 Å². The number of hydrogen-bond donors (Lipinski definition) is 0. The van der Waals surface area contributed by atoms with Crippen molar-refractivity contribution in [3.8, 4) is 0 Å². The predicted octanol–water partition coefficient (Wildman–Crippen LogP) is 7.34. The molecule has 0 nitrogen and oxygen atoms in total. The van der Waals surface area contributed by atoms with Crippen LogP contribution in [-0.4, -0.2) is 9.52 Å². The van der Waals surface area contributed by atoms with Gasteiger partial charge in [-0.2, -0.15) is 23.7 Å². The molecule has 1 unspecified atom stereocenters. The molecule has 0 fully saturated rings. The standard InChI is InChI=1S/C5H5.C4H4P.C2H7Si.7CH3.2ClH.Ti/c2*1-2-4-5-3-1;1-3-2;;;;;;;;;;/h1-3H,4H2;1-3,5H;3H,1-2H3;7*1H3;2*1H;/q2*-1;;7*-1;;;. The Morgan fingerprint density at radius 1 is 0.913 bits per heavy atom. The summed E-state index contributed by atoms with van der Waals surface area (Å²) >= 11 is 0. The molecular formula is C18H39Cl2PSiTi-9. The van der Waals surface area contributed by atoms with Gasteiger partial charge in [-0.25, -0.2) is 18.2 Å². The molecule has 0 saturated heterocycles. The van der Waals surface area contributed by atoms with E-state index in [-0.39, 0.29) is 98.5 Å². The summed E-state index contributed by atoms with van der Waals surface area (Å²) in [5, 5.41) is 0. The van der Waals surface area contributed by atoms with Gasteiger partial charge in [0.15, 0.2) is 0 Å². The van der Waals surface area contributed by atoms with Gasteiger partial charge in [0.25, 0.3) is 0 Å². The summed E-state index contributed by atoms with van der Waals surface area (Å²) < 4.78 is 0. The van der Waals surface area contributed by atoms with E-state index >= 15 is 0 Å². The fourth-order valence-electron chi connectivity index (χ4n) is 0.581. The second kappa shape index (κ2) is 77.9. The molecule has 1 aromatic rings. The van der Waals surface area contributed by atoms with Crippen LogP contribution >= 0.6 is 33.0 Å². The molecule has 147 valence electrons. The third-order valence-corrected chi connectivity index (χ3v) is 1.72. The zero-order valence-corrected chi connectivity index (χ0v) is 21.9. The molecule has 2 rings (SSSR count). The fraction of sp³-hybridized carbons (Fsp3) is 0.167. The van der Waals surface area contributed by atoms with Crippen molar-refractivity contribution in [2.24, 2.45) is 0 Å². The van der Waals surface area contributed by atoms with Crippen LogP contribution in [0.5, 0.6) is 0 Å². The second-order valence-electron chi connectivity index (χ2n) is 2.39. The summed E-state index contributed by atoms with van der Waals surface area (Å²) in [5.74, 6) is 5.11. The zero-order chi connectivity index (χ0) is 9.78. The van der Waals surface area contributed by atoms with Crippen LogP contribution in [0.2, 0.25) is 13.1 Å². The van der Waals surface area contributed by atoms with Crippen molar-refractivity contribution in [3.05, 3.63) is 100 Å². The summed E-state index contributed by atoms with van der Waals surface area (Å²) in [6.07, 6.45) is 10.0. The van der Waals surface area contributed by atoms with Gasteiger partial charge in [-0.05, 0) is 0 Å². The largest absolute Gasteiger partial charge is 0.358 e. The SMILES string of the molecule is C[SiH]C.Cl.Cl.[C-]1=CC=CC1.[CH3-].[CH3-].[CH3-].[CH3-].[CH3-].[CH3-].[CH3-].[Ti].[c-]1ccc[pH]1. The van der Waals surface area contributed by atoms with Crippen molar-refractivity contribution < 1.29 is 21.7 Å². The molecule has 0 bridgehead atoms. The van der Waals surface area contributed by atoms with E-state index < -0.39 is 0 Å². The van der Waals surface area contributed by atoms with E-state index in [1.54, 1.807) is 0 Å². The van der Waals surface area contributed by atoms with Gasteiger partial charge in [0, 0.05) is 31.2 Å². The molecule has 1 aliphatic rings. The van der Waals surface area contributed by atoms with Crippen molar-refractivity contribution in [2.75, 3.05) is 0 Å². The molecule has 0 spiro atoms. The third kappa shape index (κ3) is 84.7. The van der Waals surface area contributed by atoms with Crippen LogP contribution in [0.3, 0.4) is 0 Å². The van der Waals surface area contributed by atoms with Crippen LogP contribution in [0.1, 0.15) is 6.42 Å². The van der Waals surface area contributed by atoms with Gasteiger partial charge >= 0.3 is 0 Å². The number of halogens is 2. The maximum Gasteiger partial charge on any atom is 0.0213 e. The van der Waals surface area contributed by atoms with Crippen LogP contribution in [0.25, 0.3) is 0 Å². The molecule has 23 heavy (non-hydrogen) atoms. The topological polar surface area (TPSA) is 0 Å². The molecule has 0 N–H and O–H groups in total. The Bertz CT molecular complexity index is 202. The van der Waals surface area contributed by atoms with Gasteiger partial charge in [0.2, 0.25) is 0 Å². The predicted molar refractivity (Wildman–Crippen MR) is 125 cm³/mol. The summed E-state index contributed by atoms with van der Waals surface area (Å²) in [6, 6.07) is 3.96. The van der Waals surface area contributed by atoms with Crippen LogP contribution in [-0.2, 0) is 21.7 Å². The average molecular weight is 433 g/mol. The maximum atomic E-state index is 3.01. The number of rotatable bonds is 0. The van der Waals surface area contributed by atoms with E-state index in [1.165, 1.54) is 0 Å². The van der Waals surface area contributed by atoms with Gasteiger partial charge < -0.3 is 52.0 Å². The zero-order valence-electron chi connectivity index (χ0n) is 16.6. The Morgan fingerprint density at radius 2 is 1.35 bits per heavy atom. The van der Waals surface area contributed by atoms with Crippen molar-refractivity contribution in [2.45, 2.75) is 19.5 Å². The van der Waals surface area contributed by atoms with E-state index in [0.29, 0.717) is 0 Å². The summed E-state index contributed by atoms with van der Waals surface area (Å²) in [4.78, 5) is 0. The monoisotopic (exact) mass is 432 g/mol. The first-order chi connectivity index (χ1) is 6.41. The van der Waals surface area contributed by atoms with Gasteiger partial charge in [0.05, 0.1) is 0 Å². The van der Waals surface area contributed by atoms with Gasteiger partial charge in [-0.1, -0.05) is 13.1 Å². The average Bonchev–Trinajstić information content (AvgIpc) is 2.85. The normalized spacial score (nSPS) is 6.70. The van der Waals surface area contributed by atoms with E-state index in [2.05, 4.69) is 36.8 Å². The van der Waals surface area contributed by atoms with Crippen molar-refractivity contribution >= 4 is 42.5 Å². The number of hydrogen-bond acceptors (Lipinski definition) is 0. The smallest absolute Gasteiger partial charge is 0.0213 e. The first kappa shape index (κ1) is 75.6. The molecule has 5 heteroatoms. The Balaban J connectivity index is -0.00000000874. The first-order valence-electron chi connectivity index (χ1n) is 4.37. The Kier molecular flexibility index (Phi) is 256. The minimum atomic E-state index is 0.